The molecule has 1 aromatic heterocycles. The van der Waals surface area contributed by atoms with E-state index in [9.17, 15) is 9.59 Å². The number of rotatable bonds is 6. The van der Waals surface area contributed by atoms with Crippen molar-refractivity contribution in [2.45, 2.75) is 32.9 Å². The summed E-state index contributed by atoms with van der Waals surface area (Å²) >= 11 is 0. The van der Waals surface area contributed by atoms with Crippen molar-refractivity contribution in [3.05, 3.63) is 5.82 Å². The number of urea groups is 1. The molecule has 0 saturated carbocycles. The Morgan fingerprint density at radius 1 is 1.50 bits per heavy atom. The van der Waals surface area contributed by atoms with Crippen molar-refractivity contribution in [2.75, 3.05) is 0 Å². The topological polar surface area (TPSA) is 133 Å². The smallest absolute Gasteiger partial charge is 0.326 e. The third kappa shape index (κ3) is 4.00. The summed E-state index contributed by atoms with van der Waals surface area (Å²) in [6.07, 6.45) is 0.655. The average Bonchev–Trinajstić information content (AvgIpc) is 2.85. The van der Waals surface area contributed by atoms with Gasteiger partial charge in [0.25, 0.3) is 0 Å². The SMILES string of the molecule is CC[C@H](C)[C@H](NC(=O)NCc1nn[nH]n1)C(=O)O. The number of tetrazole rings is 1. The van der Waals surface area contributed by atoms with Crippen LogP contribution in [0.25, 0.3) is 0 Å². The van der Waals surface area contributed by atoms with E-state index in [1.54, 1.807) is 6.92 Å². The van der Waals surface area contributed by atoms with Gasteiger partial charge < -0.3 is 15.7 Å². The molecule has 1 rings (SSSR count). The van der Waals surface area contributed by atoms with E-state index in [4.69, 9.17) is 5.11 Å². The quantitative estimate of drug-likeness (QED) is 0.542. The van der Waals surface area contributed by atoms with Crippen LogP contribution < -0.4 is 10.6 Å². The van der Waals surface area contributed by atoms with Gasteiger partial charge in [-0.25, -0.2) is 9.59 Å². The van der Waals surface area contributed by atoms with Crippen molar-refractivity contribution < 1.29 is 14.7 Å². The number of carbonyl (C=O) groups excluding carboxylic acids is 1. The lowest BCUT2D eigenvalue weighted by molar-refractivity contribution is -0.140. The van der Waals surface area contributed by atoms with E-state index in [1.165, 1.54) is 0 Å². The lowest BCUT2D eigenvalue weighted by Crippen LogP contribution is -2.48. The predicted molar refractivity (Wildman–Crippen MR) is 60.4 cm³/mol. The second kappa shape index (κ2) is 6.52. The lowest BCUT2D eigenvalue weighted by atomic mass is 9.99. The zero-order valence-electron chi connectivity index (χ0n) is 10.2. The number of aromatic amines is 1. The molecule has 0 bridgehead atoms. The fourth-order valence-electron chi connectivity index (χ4n) is 1.29. The van der Waals surface area contributed by atoms with Gasteiger partial charge in [-0.05, 0) is 5.92 Å². The first-order valence-corrected chi connectivity index (χ1v) is 5.54. The number of carboxylic acid groups (broad SMARTS) is 1. The van der Waals surface area contributed by atoms with E-state index < -0.39 is 18.0 Å². The number of aliphatic carboxylic acids is 1. The zero-order chi connectivity index (χ0) is 13.5. The molecule has 1 heterocycles. The maximum absolute atomic E-state index is 11.5. The maximum atomic E-state index is 11.5. The molecule has 9 nitrogen and oxygen atoms in total. The van der Waals surface area contributed by atoms with Gasteiger partial charge in [0.05, 0.1) is 6.54 Å². The molecule has 0 saturated heterocycles. The molecule has 0 aliphatic heterocycles. The predicted octanol–water partition coefficient (Wildman–Crippen LogP) is -0.502. The van der Waals surface area contributed by atoms with Gasteiger partial charge in [-0.1, -0.05) is 25.5 Å². The highest BCUT2D eigenvalue weighted by Gasteiger charge is 2.25. The Morgan fingerprint density at radius 3 is 2.72 bits per heavy atom. The van der Waals surface area contributed by atoms with Gasteiger partial charge in [0.2, 0.25) is 0 Å². The number of carboxylic acids is 1. The molecule has 0 radical (unpaired) electrons. The van der Waals surface area contributed by atoms with Crippen molar-refractivity contribution in [3.8, 4) is 0 Å². The first kappa shape index (κ1) is 13.9. The van der Waals surface area contributed by atoms with Crippen molar-refractivity contribution in [2.24, 2.45) is 5.92 Å². The minimum Gasteiger partial charge on any atom is -0.480 e. The molecular formula is C9H16N6O3. The van der Waals surface area contributed by atoms with E-state index in [-0.39, 0.29) is 12.5 Å². The van der Waals surface area contributed by atoms with Gasteiger partial charge in [0, 0.05) is 0 Å². The van der Waals surface area contributed by atoms with Gasteiger partial charge in [-0.2, -0.15) is 5.21 Å². The number of carbonyl (C=O) groups is 2. The summed E-state index contributed by atoms with van der Waals surface area (Å²) in [6.45, 7) is 3.70. The van der Waals surface area contributed by atoms with Crippen LogP contribution in [0.2, 0.25) is 0 Å². The van der Waals surface area contributed by atoms with Gasteiger partial charge in [-0.15, -0.1) is 10.2 Å². The Hall–Kier alpha value is -2.19. The van der Waals surface area contributed by atoms with Crippen LogP contribution in [-0.2, 0) is 11.3 Å². The molecule has 2 atom stereocenters. The number of hydrogen-bond donors (Lipinski definition) is 4. The van der Waals surface area contributed by atoms with Crippen LogP contribution in [0.15, 0.2) is 0 Å². The van der Waals surface area contributed by atoms with Crippen molar-refractivity contribution in [1.82, 2.24) is 31.3 Å². The zero-order valence-corrected chi connectivity index (χ0v) is 10.2. The van der Waals surface area contributed by atoms with E-state index in [0.717, 1.165) is 0 Å². The summed E-state index contributed by atoms with van der Waals surface area (Å²) in [4.78, 5) is 22.5. The standard InChI is InChI=1S/C9H16N6O3/c1-3-5(2)7(8(16)17)11-9(18)10-4-6-12-14-15-13-6/h5,7H,3-4H2,1-2H3,(H,16,17)(H2,10,11,18)(H,12,13,14,15)/t5-,7-/m0/s1. The van der Waals surface area contributed by atoms with E-state index in [1.807, 2.05) is 6.92 Å². The molecule has 0 unspecified atom stereocenters. The lowest BCUT2D eigenvalue weighted by Gasteiger charge is -2.20. The third-order valence-electron chi connectivity index (χ3n) is 2.56. The van der Waals surface area contributed by atoms with Crippen LogP contribution in [0.3, 0.4) is 0 Å². The number of H-pyrrole nitrogens is 1. The number of nitrogens with one attached hydrogen (secondary N) is 3. The Balaban J connectivity index is 2.44. The molecule has 18 heavy (non-hydrogen) atoms. The van der Waals surface area contributed by atoms with Crippen molar-refractivity contribution >= 4 is 12.0 Å². The molecule has 0 fully saturated rings. The molecule has 2 amide bonds. The van der Waals surface area contributed by atoms with Crippen LogP contribution in [0.5, 0.6) is 0 Å². The molecule has 0 aliphatic rings. The fraction of sp³-hybridized carbons (Fsp3) is 0.667. The van der Waals surface area contributed by atoms with Gasteiger partial charge in [0.1, 0.15) is 6.04 Å². The van der Waals surface area contributed by atoms with Crippen molar-refractivity contribution in [1.29, 1.82) is 0 Å². The van der Waals surface area contributed by atoms with Gasteiger partial charge >= 0.3 is 12.0 Å². The normalized spacial score (nSPS) is 13.7. The third-order valence-corrected chi connectivity index (χ3v) is 2.56. The van der Waals surface area contributed by atoms with Gasteiger partial charge in [0.15, 0.2) is 5.82 Å². The molecule has 0 spiro atoms. The summed E-state index contributed by atoms with van der Waals surface area (Å²) < 4.78 is 0. The second-order valence-corrected chi connectivity index (χ2v) is 3.86. The summed E-state index contributed by atoms with van der Waals surface area (Å²) in [5.41, 5.74) is 0. The first-order chi connectivity index (χ1) is 8.54. The monoisotopic (exact) mass is 256 g/mol. The fourth-order valence-corrected chi connectivity index (χ4v) is 1.29. The van der Waals surface area contributed by atoms with E-state index in [2.05, 4.69) is 31.3 Å². The molecule has 0 aromatic carbocycles. The largest absolute Gasteiger partial charge is 0.480 e. The van der Waals surface area contributed by atoms with Crippen LogP contribution >= 0.6 is 0 Å². The van der Waals surface area contributed by atoms with Crippen molar-refractivity contribution in [3.63, 3.8) is 0 Å². The summed E-state index contributed by atoms with van der Waals surface area (Å²) in [7, 11) is 0. The highest BCUT2D eigenvalue weighted by Crippen LogP contribution is 2.07. The van der Waals surface area contributed by atoms with Crippen LogP contribution in [0, 0.1) is 5.92 Å². The molecular weight excluding hydrogens is 240 g/mol. The Morgan fingerprint density at radius 2 is 2.22 bits per heavy atom. The van der Waals surface area contributed by atoms with E-state index >= 15 is 0 Å². The first-order valence-electron chi connectivity index (χ1n) is 5.54. The average molecular weight is 256 g/mol. The van der Waals surface area contributed by atoms with Crippen LogP contribution in [0.4, 0.5) is 4.79 Å². The molecule has 4 N–H and O–H groups in total. The Bertz CT molecular complexity index is 393. The summed E-state index contributed by atoms with van der Waals surface area (Å²) in [6, 6.07) is -1.49. The number of nitrogens with zero attached hydrogens (tertiary/aromatic N) is 3. The van der Waals surface area contributed by atoms with Gasteiger partial charge in [-0.3, -0.25) is 0 Å². The number of aromatic nitrogens is 4. The second-order valence-electron chi connectivity index (χ2n) is 3.86. The molecule has 9 heteroatoms. The minimum absolute atomic E-state index is 0.0785. The molecule has 100 valence electrons. The minimum atomic E-state index is -1.06. The number of hydrogen-bond acceptors (Lipinski definition) is 5. The summed E-state index contributed by atoms with van der Waals surface area (Å²) in [5, 5.41) is 26.7. The Labute approximate surface area is 103 Å². The van der Waals surface area contributed by atoms with E-state index in [0.29, 0.717) is 12.2 Å². The molecule has 1 aromatic rings. The highest BCUT2D eigenvalue weighted by molar-refractivity contribution is 5.82. The summed E-state index contributed by atoms with van der Waals surface area (Å²) in [5.74, 6) is -0.891. The maximum Gasteiger partial charge on any atom is 0.326 e. The molecule has 0 aliphatic carbocycles. The highest BCUT2D eigenvalue weighted by atomic mass is 16.4. The number of amides is 2. The Kier molecular flexibility index (Phi) is 5.03. The van der Waals surface area contributed by atoms with Crippen LogP contribution in [0.1, 0.15) is 26.1 Å². The van der Waals surface area contributed by atoms with Crippen LogP contribution in [-0.4, -0.2) is 43.8 Å².